The standard InChI is InChI=1S/C25H20N3O.Ni/c1-2-15-28-21-10-6-11-23(29)24(21)25-22(28)13-12-20(27-25)18-8-5-7-17(16-18)19-9-3-4-14-26-19;/h3-14,29H,2,15H2,1H3;/q-1;. The molecule has 0 aliphatic carbocycles. The molecule has 4 nitrogen and oxygen atoms in total. The molecule has 0 radical (unpaired) electrons. The average Bonchev–Trinajstić information content (AvgIpc) is 3.09. The second kappa shape index (κ2) is 8.29. The summed E-state index contributed by atoms with van der Waals surface area (Å²) in [6.07, 6.45) is 2.79. The second-order valence-corrected chi connectivity index (χ2v) is 7.08. The van der Waals surface area contributed by atoms with Crippen LogP contribution in [0.25, 0.3) is 44.5 Å². The van der Waals surface area contributed by atoms with Gasteiger partial charge in [0, 0.05) is 40.6 Å². The van der Waals surface area contributed by atoms with E-state index in [9.17, 15) is 5.11 Å². The van der Waals surface area contributed by atoms with E-state index < -0.39 is 0 Å². The summed E-state index contributed by atoms with van der Waals surface area (Å²) < 4.78 is 2.23. The summed E-state index contributed by atoms with van der Waals surface area (Å²) in [6, 6.07) is 25.1. The Balaban J connectivity index is 0.00000218. The van der Waals surface area contributed by atoms with Gasteiger partial charge in [-0.15, -0.1) is 24.3 Å². The number of phenols is 1. The van der Waals surface area contributed by atoms with Crippen molar-refractivity contribution in [2.75, 3.05) is 0 Å². The molecule has 3 heterocycles. The van der Waals surface area contributed by atoms with Crippen LogP contribution in [-0.2, 0) is 23.0 Å². The Kier molecular flexibility index (Phi) is 5.56. The van der Waals surface area contributed by atoms with E-state index in [-0.39, 0.29) is 22.2 Å². The van der Waals surface area contributed by atoms with E-state index in [1.807, 2.05) is 54.6 Å². The van der Waals surface area contributed by atoms with E-state index in [0.29, 0.717) is 0 Å². The van der Waals surface area contributed by atoms with Gasteiger partial charge in [0.05, 0.1) is 21.9 Å². The number of benzene rings is 2. The maximum absolute atomic E-state index is 10.5. The predicted octanol–water partition coefficient (Wildman–Crippen LogP) is 5.83. The van der Waals surface area contributed by atoms with Crippen molar-refractivity contribution < 1.29 is 21.6 Å². The van der Waals surface area contributed by atoms with Crippen molar-refractivity contribution in [3.8, 4) is 28.3 Å². The van der Waals surface area contributed by atoms with Crippen LogP contribution in [0.1, 0.15) is 13.3 Å². The molecule has 0 aliphatic rings. The van der Waals surface area contributed by atoms with Crippen LogP contribution in [0.15, 0.2) is 72.9 Å². The molecule has 5 heteroatoms. The first-order valence-corrected chi connectivity index (χ1v) is 9.81. The van der Waals surface area contributed by atoms with Gasteiger partial charge in [0.1, 0.15) is 5.75 Å². The molecule has 2 aromatic carbocycles. The van der Waals surface area contributed by atoms with Crippen LogP contribution in [0.5, 0.6) is 5.75 Å². The maximum atomic E-state index is 10.5. The normalized spacial score (nSPS) is 11.0. The Morgan fingerprint density at radius 2 is 1.67 bits per heavy atom. The molecule has 3 aromatic heterocycles. The molecule has 5 aromatic rings. The Morgan fingerprint density at radius 1 is 0.867 bits per heavy atom. The number of fused-ring (bicyclic) bond motifs is 3. The van der Waals surface area contributed by atoms with E-state index in [1.54, 1.807) is 12.3 Å². The summed E-state index contributed by atoms with van der Waals surface area (Å²) in [5.74, 6) is 0.262. The van der Waals surface area contributed by atoms with Crippen molar-refractivity contribution in [1.82, 2.24) is 14.5 Å². The van der Waals surface area contributed by atoms with E-state index in [1.165, 1.54) is 0 Å². The number of aromatic nitrogens is 3. The van der Waals surface area contributed by atoms with Gasteiger partial charge in [-0.1, -0.05) is 42.3 Å². The SMILES string of the molecule is CCCn1c2ccc(-c3[c-]c(-c4ccccn4)ccc3)nc2c2c(O)cccc21.[Ni]. The van der Waals surface area contributed by atoms with Crippen molar-refractivity contribution in [3.63, 3.8) is 0 Å². The van der Waals surface area contributed by atoms with Gasteiger partial charge in [-0.05, 0) is 30.7 Å². The van der Waals surface area contributed by atoms with E-state index in [0.717, 1.165) is 57.4 Å². The molecule has 0 atom stereocenters. The van der Waals surface area contributed by atoms with Crippen molar-refractivity contribution in [1.29, 1.82) is 0 Å². The summed E-state index contributed by atoms with van der Waals surface area (Å²) in [5, 5.41) is 11.3. The molecule has 5 rings (SSSR count). The Hall–Kier alpha value is -3.17. The largest absolute Gasteiger partial charge is 0.507 e. The third kappa shape index (κ3) is 3.36. The minimum absolute atomic E-state index is 0. The fourth-order valence-electron chi connectivity index (χ4n) is 3.88. The quantitative estimate of drug-likeness (QED) is 0.284. The zero-order valence-electron chi connectivity index (χ0n) is 16.4. The van der Waals surface area contributed by atoms with Crippen LogP contribution in [0.2, 0.25) is 0 Å². The summed E-state index contributed by atoms with van der Waals surface area (Å²) in [4.78, 5) is 9.36. The Bertz CT molecular complexity index is 1330. The van der Waals surface area contributed by atoms with Gasteiger partial charge in [-0.3, -0.25) is 9.97 Å². The van der Waals surface area contributed by atoms with Crippen molar-refractivity contribution >= 4 is 21.9 Å². The predicted molar refractivity (Wildman–Crippen MR) is 117 cm³/mol. The Labute approximate surface area is 185 Å². The molecule has 0 fully saturated rings. The third-order valence-electron chi connectivity index (χ3n) is 5.17. The van der Waals surface area contributed by atoms with Crippen LogP contribution in [0.3, 0.4) is 0 Å². The number of phenolic OH excluding ortho intramolecular Hbond substituents is 1. The summed E-state index contributed by atoms with van der Waals surface area (Å²) in [5.41, 5.74) is 6.41. The molecule has 1 N–H and O–H groups in total. The number of hydrogen-bond donors (Lipinski definition) is 1. The van der Waals surface area contributed by atoms with Crippen LogP contribution >= 0.6 is 0 Å². The molecule has 0 amide bonds. The van der Waals surface area contributed by atoms with Crippen LogP contribution in [-0.4, -0.2) is 19.6 Å². The molecule has 0 saturated carbocycles. The van der Waals surface area contributed by atoms with Crippen LogP contribution < -0.4 is 0 Å². The average molecular weight is 437 g/mol. The van der Waals surface area contributed by atoms with Crippen LogP contribution in [0, 0.1) is 6.07 Å². The van der Waals surface area contributed by atoms with Crippen molar-refractivity contribution in [3.05, 3.63) is 79.0 Å². The smallest absolute Gasteiger partial charge is 0.127 e. The fourth-order valence-corrected chi connectivity index (χ4v) is 3.88. The fraction of sp³-hybridized carbons (Fsp3) is 0.120. The van der Waals surface area contributed by atoms with Crippen molar-refractivity contribution in [2.24, 2.45) is 0 Å². The first-order valence-electron chi connectivity index (χ1n) is 9.81. The molecular formula is C25H20N3NiO-. The molecule has 0 aliphatic heterocycles. The first kappa shape index (κ1) is 20.1. The van der Waals surface area contributed by atoms with Gasteiger partial charge in [0.15, 0.2) is 0 Å². The minimum Gasteiger partial charge on any atom is -0.507 e. The van der Waals surface area contributed by atoms with Gasteiger partial charge in [0.2, 0.25) is 0 Å². The molecule has 152 valence electrons. The molecular weight excluding hydrogens is 417 g/mol. The zero-order valence-corrected chi connectivity index (χ0v) is 17.4. The van der Waals surface area contributed by atoms with Crippen molar-refractivity contribution in [2.45, 2.75) is 19.9 Å². The number of nitrogens with zero attached hydrogens (tertiary/aromatic N) is 3. The van der Waals surface area contributed by atoms with E-state index in [2.05, 4.69) is 28.6 Å². The summed E-state index contributed by atoms with van der Waals surface area (Å²) in [7, 11) is 0. The summed E-state index contributed by atoms with van der Waals surface area (Å²) >= 11 is 0. The molecule has 0 spiro atoms. The number of aryl methyl sites for hydroxylation is 1. The van der Waals surface area contributed by atoms with Gasteiger partial charge in [-0.2, -0.15) is 0 Å². The minimum atomic E-state index is 0. The van der Waals surface area contributed by atoms with Gasteiger partial charge in [-0.25, -0.2) is 0 Å². The second-order valence-electron chi connectivity index (χ2n) is 7.08. The Morgan fingerprint density at radius 3 is 2.43 bits per heavy atom. The topological polar surface area (TPSA) is 50.9 Å². The maximum Gasteiger partial charge on any atom is 0.127 e. The summed E-state index contributed by atoms with van der Waals surface area (Å²) in [6.45, 7) is 3.03. The molecule has 30 heavy (non-hydrogen) atoms. The molecule has 0 bridgehead atoms. The third-order valence-corrected chi connectivity index (χ3v) is 5.17. The zero-order chi connectivity index (χ0) is 19.8. The first-order chi connectivity index (χ1) is 14.3. The van der Waals surface area contributed by atoms with Gasteiger partial charge < -0.3 is 9.67 Å². The molecule has 0 unspecified atom stereocenters. The van der Waals surface area contributed by atoms with E-state index >= 15 is 0 Å². The van der Waals surface area contributed by atoms with Crippen LogP contribution in [0.4, 0.5) is 0 Å². The molecule has 0 saturated heterocycles. The number of hydrogen-bond acceptors (Lipinski definition) is 3. The van der Waals surface area contributed by atoms with Gasteiger partial charge in [0.25, 0.3) is 0 Å². The number of pyridine rings is 2. The number of aromatic hydroxyl groups is 1. The number of rotatable bonds is 4. The monoisotopic (exact) mass is 436 g/mol. The van der Waals surface area contributed by atoms with E-state index in [4.69, 9.17) is 4.98 Å². The van der Waals surface area contributed by atoms with Gasteiger partial charge >= 0.3 is 0 Å².